The lowest BCUT2D eigenvalue weighted by molar-refractivity contribution is -0.142. The molecule has 1 amide bonds. The Morgan fingerprint density at radius 3 is 2.06 bits per heavy atom. The molecule has 4 heteroatoms. The van der Waals surface area contributed by atoms with E-state index in [4.69, 9.17) is 5.11 Å². The molecular formula is C12H21NO3. The van der Waals surface area contributed by atoms with E-state index in [1.54, 1.807) is 4.90 Å². The van der Waals surface area contributed by atoms with Gasteiger partial charge in [-0.1, -0.05) is 13.8 Å². The van der Waals surface area contributed by atoms with Gasteiger partial charge in [-0.05, 0) is 26.2 Å². The van der Waals surface area contributed by atoms with Gasteiger partial charge in [-0.2, -0.15) is 0 Å². The van der Waals surface area contributed by atoms with Gasteiger partial charge >= 0.3 is 5.97 Å². The first-order valence-electron chi connectivity index (χ1n) is 5.78. The third-order valence-electron chi connectivity index (χ3n) is 3.61. The van der Waals surface area contributed by atoms with Crippen LogP contribution in [0.25, 0.3) is 0 Å². The fraction of sp³-hybridized carbons (Fsp3) is 0.833. The number of rotatable bonds is 4. The number of hydrogen-bond donors (Lipinski definition) is 1. The zero-order valence-corrected chi connectivity index (χ0v) is 10.7. The average Bonchev–Trinajstić information content (AvgIpc) is 2.69. The summed E-state index contributed by atoms with van der Waals surface area (Å²) in [6, 6.07) is 0.128. The zero-order valence-electron chi connectivity index (χ0n) is 10.7. The van der Waals surface area contributed by atoms with Crippen LogP contribution in [-0.2, 0) is 9.59 Å². The van der Waals surface area contributed by atoms with E-state index in [0.717, 1.165) is 0 Å². The van der Waals surface area contributed by atoms with Gasteiger partial charge in [0.25, 0.3) is 0 Å². The number of hydrogen-bond acceptors (Lipinski definition) is 2. The Morgan fingerprint density at radius 2 is 1.81 bits per heavy atom. The lowest BCUT2D eigenvalue weighted by Gasteiger charge is -2.25. The quantitative estimate of drug-likeness (QED) is 0.793. The minimum atomic E-state index is -0.858. The molecule has 0 bridgehead atoms. The highest BCUT2D eigenvalue weighted by Gasteiger charge is 2.66. The summed E-state index contributed by atoms with van der Waals surface area (Å²) in [5, 5.41) is 9.03. The van der Waals surface area contributed by atoms with Gasteiger partial charge in [0.05, 0.1) is 11.8 Å². The maximum atomic E-state index is 12.2. The van der Waals surface area contributed by atoms with Gasteiger partial charge in [0.2, 0.25) is 5.91 Å². The molecule has 2 atom stereocenters. The van der Waals surface area contributed by atoms with Crippen molar-refractivity contribution in [3.8, 4) is 0 Å². The van der Waals surface area contributed by atoms with Crippen LogP contribution >= 0.6 is 0 Å². The Labute approximate surface area is 96.6 Å². The van der Waals surface area contributed by atoms with Crippen LogP contribution < -0.4 is 0 Å². The standard InChI is InChI=1S/C12H21NO3/c1-6-13(7(2)3)10(14)8-9(11(15)16)12(8,4)5/h7-9H,6H2,1-5H3,(H,15,16). The summed E-state index contributed by atoms with van der Waals surface area (Å²) in [7, 11) is 0. The summed E-state index contributed by atoms with van der Waals surface area (Å²) >= 11 is 0. The van der Waals surface area contributed by atoms with Crippen LogP contribution in [0.5, 0.6) is 0 Å². The molecule has 92 valence electrons. The molecule has 0 radical (unpaired) electrons. The van der Waals surface area contributed by atoms with Gasteiger partial charge in [-0.15, -0.1) is 0 Å². The zero-order chi connectivity index (χ0) is 12.7. The molecule has 1 N–H and O–H groups in total. The SMILES string of the molecule is CCN(C(=O)C1C(C(=O)O)C1(C)C)C(C)C. The number of carboxylic acid groups (broad SMARTS) is 1. The Morgan fingerprint density at radius 1 is 1.31 bits per heavy atom. The van der Waals surface area contributed by atoms with E-state index in [1.807, 2.05) is 34.6 Å². The van der Waals surface area contributed by atoms with Crippen molar-refractivity contribution >= 4 is 11.9 Å². The van der Waals surface area contributed by atoms with Gasteiger partial charge in [0.15, 0.2) is 0 Å². The van der Waals surface area contributed by atoms with Crippen molar-refractivity contribution < 1.29 is 14.7 Å². The van der Waals surface area contributed by atoms with Crippen LogP contribution in [0, 0.1) is 17.3 Å². The van der Waals surface area contributed by atoms with Crippen LogP contribution in [0.4, 0.5) is 0 Å². The minimum Gasteiger partial charge on any atom is -0.481 e. The summed E-state index contributed by atoms with van der Waals surface area (Å²) in [4.78, 5) is 24.9. The van der Waals surface area contributed by atoms with Gasteiger partial charge < -0.3 is 10.0 Å². The predicted octanol–water partition coefficient (Wildman–Crippen LogP) is 1.60. The third kappa shape index (κ3) is 1.93. The van der Waals surface area contributed by atoms with Crippen molar-refractivity contribution in [2.45, 2.75) is 40.7 Å². The monoisotopic (exact) mass is 227 g/mol. The predicted molar refractivity (Wildman–Crippen MR) is 60.9 cm³/mol. The highest BCUT2D eigenvalue weighted by Crippen LogP contribution is 2.59. The largest absolute Gasteiger partial charge is 0.481 e. The molecule has 4 nitrogen and oxygen atoms in total. The van der Waals surface area contributed by atoms with E-state index in [2.05, 4.69) is 0 Å². The molecule has 1 aliphatic rings. The Kier molecular flexibility index (Phi) is 3.31. The van der Waals surface area contributed by atoms with Gasteiger partial charge in [-0.25, -0.2) is 0 Å². The normalized spacial score (nSPS) is 26.6. The summed E-state index contributed by atoms with van der Waals surface area (Å²) in [5.41, 5.74) is -0.398. The number of nitrogens with zero attached hydrogens (tertiary/aromatic N) is 1. The van der Waals surface area contributed by atoms with E-state index in [-0.39, 0.29) is 17.9 Å². The van der Waals surface area contributed by atoms with Crippen LogP contribution in [0.2, 0.25) is 0 Å². The molecule has 1 fully saturated rings. The highest BCUT2D eigenvalue weighted by atomic mass is 16.4. The maximum absolute atomic E-state index is 12.2. The van der Waals surface area contributed by atoms with Crippen molar-refractivity contribution in [3.63, 3.8) is 0 Å². The molecule has 2 unspecified atom stereocenters. The first-order chi connectivity index (χ1) is 7.25. The smallest absolute Gasteiger partial charge is 0.307 e. The summed E-state index contributed by atoms with van der Waals surface area (Å²) < 4.78 is 0. The van der Waals surface area contributed by atoms with Crippen molar-refractivity contribution in [1.29, 1.82) is 0 Å². The fourth-order valence-electron chi connectivity index (χ4n) is 2.51. The molecule has 0 heterocycles. The van der Waals surface area contributed by atoms with Crippen molar-refractivity contribution in [1.82, 2.24) is 4.90 Å². The second-order valence-electron chi connectivity index (χ2n) is 5.33. The van der Waals surface area contributed by atoms with Crippen LogP contribution in [0.1, 0.15) is 34.6 Å². The molecule has 0 aliphatic heterocycles. The first-order valence-corrected chi connectivity index (χ1v) is 5.78. The van der Waals surface area contributed by atoms with Gasteiger partial charge in [-0.3, -0.25) is 9.59 Å². The van der Waals surface area contributed by atoms with E-state index in [9.17, 15) is 9.59 Å². The number of carboxylic acids is 1. The molecule has 1 saturated carbocycles. The molecule has 0 saturated heterocycles. The fourth-order valence-corrected chi connectivity index (χ4v) is 2.51. The Balaban J connectivity index is 2.81. The highest BCUT2D eigenvalue weighted by molar-refractivity contribution is 5.91. The molecule has 0 aromatic rings. The number of carbonyl (C=O) groups excluding carboxylic acids is 1. The average molecular weight is 227 g/mol. The number of carbonyl (C=O) groups is 2. The second-order valence-corrected chi connectivity index (χ2v) is 5.33. The lowest BCUT2D eigenvalue weighted by Crippen LogP contribution is -2.38. The van der Waals surface area contributed by atoms with Crippen LogP contribution in [-0.4, -0.2) is 34.5 Å². The molecule has 0 aromatic carbocycles. The van der Waals surface area contributed by atoms with E-state index < -0.39 is 17.3 Å². The number of amides is 1. The Hall–Kier alpha value is -1.06. The summed E-state index contributed by atoms with van der Waals surface area (Å²) in [5.74, 6) is -1.75. The molecule has 1 aliphatic carbocycles. The third-order valence-corrected chi connectivity index (χ3v) is 3.61. The van der Waals surface area contributed by atoms with Gasteiger partial charge in [0.1, 0.15) is 0 Å². The maximum Gasteiger partial charge on any atom is 0.307 e. The molecule has 0 spiro atoms. The van der Waals surface area contributed by atoms with Gasteiger partial charge in [0, 0.05) is 12.6 Å². The summed E-state index contributed by atoms with van der Waals surface area (Å²) in [6.07, 6.45) is 0. The van der Waals surface area contributed by atoms with Crippen molar-refractivity contribution in [2.24, 2.45) is 17.3 Å². The lowest BCUT2D eigenvalue weighted by atomic mass is 10.1. The molecule has 16 heavy (non-hydrogen) atoms. The van der Waals surface area contributed by atoms with E-state index in [0.29, 0.717) is 6.54 Å². The van der Waals surface area contributed by atoms with Crippen molar-refractivity contribution in [2.75, 3.05) is 6.54 Å². The Bertz CT molecular complexity index is 309. The van der Waals surface area contributed by atoms with Crippen LogP contribution in [0.15, 0.2) is 0 Å². The molecule has 1 rings (SSSR count). The summed E-state index contributed by atoms with van der Waals surface area (Å²) in [6.45, 7) is 10.2. The second kappa shape index (κ2) is 4.07. The number of aliphatic carboxylic acids is 1. The topological polar surface area (TPSA) is 57.6 Å². The molecular weight excluding hydrogens is 206 g/mol. The van der Waals surface area contributed by atoms with E-state index in [1.165, 1.54) is 0 Å². The minimum absolute atomic E-state index is 0.0186. The molecule has 0 aromatic heterocycles. The van der Waals surface area contributed by atoms with Crippen LogP contribution in [0.3, 0.4) is 0 Å². The van der Waals surface area contributed by atoms with Crippen molar-refractivity contribution in [3.05, 3.63) is 0 Å². The van der Waals surface area contributed by atoms with E-state index >= 15 is 0 Å². The first kappa shape index (κ1) is 13.0.